The number of piperazine rings is 1. The van der Waals surface area contributed by atoms with Gasteiger partial charge in [-0.05, 0) is 19.5 Å². The number of nitrogens with two attached hydrogens (primary N) is 1. The van der Waals surface area contributed by atoms with Gasteiger partial charge >= 0.3 is 0 Å². The van der Waals surface area contributed by atoms with Crippen LogP contribution in [0.5, 0.6) is 0 Å². The van der Waals surface area contributed by atoms with Gasteiger partial charge in [0.15, 0.2) is 0 Å². The van der Waals surface area contributed by atoms with Gasteiger partial charge in [0.05, 0.1) is 6.61 Å². The highest BCUT2D eigenvalue weighted by molar-refractivity contribution is 4.72. The largest absolute Gasteiger partial charge is 0.395 e. The Morgan fingerprint density at radius 1 is 1.21 bits per heavy atom. The van der Waals surface area contributed by atoms with E-state index in [2.05, 4.69) is 16.7 Å². The van der Waals surface area contributed by atoms with Crippen LogP contribution in [0.4, 0.5) is 0 Å². The highest BCUT2D eigenvalue weighted by Gasteiger charge is 2.15. The minimum atomic E-state index is -0.0424. The van der Waals surface area contributed by atoms with Crippen molar-refractivity contribution < 1.29 is 5.11 Å². The summed E-state index contributed by atoms with van der Waals surface area (Å²) in [6.07, 6.45) is 0.905. The highest BCUT2D eigenvalue weighted by atomic mass is 16.3. The molecule has 1 atom stereocenters. The van der Waals surface area contributed by atoms with E-state index in [-0.39, 0.29) is 12.6 Å². The molecule has 0 aliphatic carbocycles. The van der Waals surface area contributed by atoms with E-state index in [1.165, 1.54) is 13.1 Å². The van der Waals surface area contributed by atoms with Gasteiger partial charge < -0.3 is 20.6 Å². The Balaban J connectivity index is 2.10. The third-order valence-corrected chi connectivity index (χ3v) is 2.96. The van der Waals surface area contributed by atoms with Gasteiger partial charge in [0.25, 0.3) is 0 Å². The van der Waals surface area contributed by atoms with Crippen LogP contribution in [0.3, 0.4) is 0 Å². The first kappa shape index (κ1) is 11.9. The minimum Gasteiger partial charge on any atom is -0.395 e. The Labute approximate surface area is 86.7 Å². The third kappa shape index (κ3) is 3.92. The molecule has 0 spiro atoms. The molecular formula is C10H23N3O. The van der Waals surface area contributed by atoms with Gasteiger partial charge in [0.2, 0.25) is 0 Å². The van der Waals surface area contributed by atoms with E-state index in [1.54, 1.807) is 0 Å². The molecule has 0 bridgehead atoms. The van der Waals surface area contributed by atoms with Crippen molar-refractivity contribution in [2.24, 2.45) is 5.73 Å². The predicted molar refractivity (Wildman–Crippen MR) is 58.2 cm³/mol. The molecule has 84 valence electrons. The molecule has 1 unspecified atom stereocenters. The molecule has 1 fully saturated rings. The molecule has 4 heteroatoms. The lowest BCUT2D eigenvalue weighted by atomic mass is 10.2. The SMILES string of the molecule is CCN1CCN(CCC(N)CO)CC1. The Hall–Kier alpha value is -0.160. The van der Waals surface area contributed by atoms with Crippen molar-refractivity contribution in [1.82, 2.24) is 9.80 Å². The topological polar surface area (TPSA) is 52.7 Å². The van der Waals surface area contributed by atoms with Crippen molar-refractivity contribution in [1.29, 1.82) is 0 Å². The summed E-state index contributed by atoms with van der Waals surface area (Å²) in [6, 6.07) is -0.0424. The monoisotopic (exact) mass is 201 g/mol. The summed E-state index contributed by atoms with van der Waals surface area (Å²) in [5.74, 6) is 0. The van der Waals surface area contributed by atoms with E-state index in [9.17, 15) is 0 Å². The fourth-order valence-corrected chi connectivity index (χ4v) is 1.77. The molecule has 0 aromatic carbocycles. The molecule has 4 nitrogen and oxygen atoms in total. The molecule has 0 radical (unpaired) electrons. The maximum absolute atomic E-state index is 8.79. The first-order valence-electron chi connectivity index (χ1n) is 5.57. The van der Waals surface area contributed by atoms with Crippen LogP contribution in [0.15, 0.2) is 0 Å². The molecule has 0 aromatic rings. The maximum atomic E-state index is 8.79. The zero-order valence-corrected chi connectivity index (χ0v) is 9.15. The van der Waals surface area contributed by atoms with Crippen LogP contribution >= 0.6 is 0 Å². The van der Waals surface area contributed by atoms with E-state index in [4.69, 9.17) is 10.8 Å². The molecule has 1 aliphatic heterocycles. The summed E-state index contributed by atoms with van der Waals surface area (Å²) in [4.78, 5) is 4.89. The van der Waals surface area contributed by atoms with Gasteiger partial charge in [0.1, 0.15) is 0 Å². The summed E-state index contributed by atoms with van der Waals surface area (Å²) in [6.45, 7) is 9.13. The molecule has 0 aromatic heterocycles. The molecule has 14 heavy (non-hydrogen) atoms. The third-order valence-electron chi connectivity index (χ3n) is 2.96. The molecule has 1 aliphatic rings. The Kier molecular flexibility index (Phi) is 5.40. The van der Waals surface area contributed by atoms with Crippen molar-refractivity contribution in [3.8, 4) is 0 Å². The lowest BCUT2D eigenvalue weighted by molar-refractivity contribution is 0.130. The van der Waals surface area contributed by atoms with E-state index >= 15 is 0 Å². The fourth-order valence-electron chi connectivity index (χ4n) is 1.77. The van der Waals surface area contributed by atoms with Crippen LogP contribution in [0.2, 0.25) is 0 Å². The van der Waals surface area contributed by atoms with Crippen LogP contribution in [0, 0.1) is 0 Å². The van der Waals surface area contributed by atoms with Gasteiger partial charge in [-0.3, -0.25) is 0 Å². The number of aliphatic hydroxyl groups is 1. The van der Waals surface area contributed by atoms with Gasteiger partial charge in [-0.1, -0.05) is 6.92 Å². The number of nitrogens with zero attached hydrogens (tertiary/aromatic N) is 2. The van der Waals surface area contributed by atoms with Gasteiger partial charge in [-0.2, -0.15) is 0 Å². The Morgan fingerprint density at radius 3 is 2.29 bits per heavy atom. The number of rotatable bonds is 5. The zero-order chi connectivity index (χ0) is 10.4. The van der Waals surface area contributed by atoms with Crippen LogP contribution in [0.1, 0.15) is 13.3 Å². The quantitative estimate of drug-likeness (QED) is 0.620. The molecule has 0 amide bonds. The molecule has 0 saturated carbocycles. The highest BCUT2D eigenvalue weighted by Crippen LogP contribution is 2.02. The second-order valence-corrected chi connectivity index (χ2v) is 4.01. The molecule has 1 saturated heterocycles. The standard InChI is InChI=1S/C10H23N3O/c1-2-12-5-7-13(8-6-12)4-3-10(11)9-14/h10,14H,2-9,11H2,1H3. The van der Waals surface area contributed by atoms with Crippen LogP contribution in [-0.2, 0) is 0 Å². The van der Waals surface area contributed by atoms with E-state index in [0.717, 1.165) is 32.6 Å². The van der Waals surface area contributed by atoms with Gasteiger partial charge in [0, 0.05) is 32.2 Å². The Morgan fingerprint density at radius 2 is 1.79 bits per heavy atom. The lowest BCUT2D eigenvalue weighted by Gasteiger charge is -2.34. The van der Waals surface area contributed by atoms with Crippen molar-refractivity contribution in [2.45, 2.75) is 19.4 Å². The first-order valence-corrected chi connectivity index (χ1v) is 5.57. The average molecular weight is 201 g/mol. The summed E-state index contributed by atoms with van der Waals surface area (Å²) >= 11 is 0. The normalized spacial score (nSPS) is 22.5. The Bertz CT molecular complexity index is 146. The summed E-state index contributed by atoms with van der Waals surface area (Å²) < 4.78 is 0. The second kappa shape index (κ2) is 6.35. The smallest absolute Gasteiger partial charge is 0.0583 e. The van der Waals surface area contributed by atoms with Crippen LogP contribution in [0.25, 0.3) is 0 Å². The second-order valence-electron chi connectivity index (χ2n) is 4.01. The van der Waals surface area contributed by atoms with Gasteiger partial charge in [-0.15, -0.1) is 0 Å². The lowest BCUT2D eigenvalue weighted by Crippen LogP contribution is -2.47. The maximum Gasteiger partial charge on any atom is 0.0583 e. The van der Waals surface area contributed by atoms with Crippen molar-refractivity contribution in [2.75, 3.05) is 45.9 Å². The summed E-state index contributed by atoms with van der Waals surface area (Å²) in [7, 11) is 0. The fraction of sp³-hybridized carbons (Fsp3) is 1.00. The predicted octanol–water partition coefficient (Wildman–Crippen LogP) is -0.666. The summed E-state index contributed by atoms with van der Waals surface area (Å²) in [5.41, 5.74) is 5.66. The minimum absolute atomic E-state index is 0.0424. The zero-order valence-electron chi connectivity index (χ0n) is 9.15. The van der Waals surface area contributed by atoms with Crippen molar-refractivity contribution in [3.63, 3.8) is 0 Å². The van der Waals surface area contributed by atoms with Crippen molar-refractivity contribution >= 4 is 0 Å². The number of aliphatic hydroxyl groups excluding tert-OH is 1. The van der Waals surface area contributed by atoms with E-state index < -0.39 is 0 Å². The molecule has 3 N–H and O–H groups in total. The van der Waals surface area contributed by atoms with Crippen LogP contribution < -0.4 is 5.73 Å². The molecule has 1 heterocycles. The molecule has 1 rings (SSSR count). The number of hydrogen-bond donors (Lipinski definition) is 2. The van der Waals surface area contributed by atoms with Crippen molar-refractivity contribution in [3.05, 3.63) is 0 Å². The van der Waals surface area contributed by atoms with E-state index in [0.29, 0.717) is 0 Å². The first-order chi connectivity index (χ1) is 6.76. The number of likely N-dealkylation sites (N-methyl/N-ethyl adjacent to an activating group) is 1. The number of hydrogen-bond acceptors (Lipinski definition) is 4. The van der Waals surface area contributed by atoms with Gasteiger partial charge in [-0.25, -0.2) is 0 Å². The summed E-state index contributed by atoms with van der Waals surface area (Å²) in [5, 5.41) is 8.79. The van der Waals surface area contributed by atoms with E-state index in [1.807, 2.05) is 0 Å². The van der Waals surface area contributed by atoms with Crippen LogP contribution in [-0.4, -0.2) is 66.8 Å². The molecular weight excluding hydrogens is 178 g/mol. The average Bonchev–Trinajstić information content (AvgIpc) is 2.26.